The molecule has 1 heterocycles. The number of hydrogen-bond donors (Lipinski definition) is 1. The van der Waals surface area contributed by atoms with Crippen LogP contribution in [0.4, 0.5) is 36.4 Å². The maximum absolute atomic E-state index is 14.0. The second-order valence-corrected chi connectivity index (χ2v) is 7.70. The highest BCUT2D eigenvalue weighted by atomic mass is 35.5. The number of amides is 1. The Morgan fingerprint density at radius 3 is 2.25 bits per heavy atom. The van der Waals surface area contributed by atoms with Crippen molar-refractivity contribution in [1.82, 2.24) is 0 Å². The average Bonchev–Trinajstić information content (AvgIpc) is 3.08. The summed E-state index contributed by atoms with van der Waals surface area (Å²) in [6, 6.07) is 5.92. The van der Waals surface area contributed by atoms with Crippen LogP contribution in [0.25, 0.3) is 0 Å². The van der Waals surface area contributed by atoms with E-state index >= 15 is 0 Å². The number of alkyl halides is 6. The summed E-state index contributed by atoms with van der Waals surface area (Å²) in [4.78, 5) is 16.3. The van der Waals surface area contributed by atoms with Gasteiger partial charge in [-0.25, -0.2) is 4.39 Å². The van der Waals surface area contributed by atoms with Crippen LogP contribution in [0.15, 0.2) is 41.6 Å². The van der Waals surface area contributed by atoms with Crippen LogP contribution in [-0.4, -0.2) is 24.0 Å². The number of nitrogens with zero attached hydrogens (tertiary/aromatic N) is 1. The number of carbonyl (C=O) groups is 1. The summed E-state index contributed by atoms with van der Waals surface area (Å²) in [6.07, 6.45) is -12.5. The monoisotopic (exact) mass is 502 g/mol. The Labute approximate surface area is 185 Å². The van der Waals surface area contributed by atoms with E-state index in [0.717, 1.165) is 30.3 Å². The van der Waals surface area contributed by atoms with E-state index in [1.807, 2.05) is 0 Å². The van der Waals surface area contributed by atoms with Gasteiger partial charge in [0.1, 0.15) is 12.2 Å². The first-order valence-corrected chi connectivity index (χ1v) is 9.41. The van der Waals surface area contributed by atoms with Gasteiger partial charge < -0.3 is 10.2 Å². The van der Waals surface area contributed by atoms with Crippen LogP contribution in [0, 0.1) is 5.82 Å². The first-order valence-electron chi connectivity index (χ1n) is 8.65. The minimum absolute atomic E-state index is 0.0791. The van der Waals surface area contributed by atoms with Crippen molar-refractivity contribution in [3.05, 3.63) is 63.4 Å². The summed E-state index contributed by atoms with van der Waals surface area (Å²) in [5, 5.41) is 5.05. The third-order valence-corrected chi connectivity index (χ3v) is 4.89. The molecular formula is C19H11Cl2F7N2O2. The van der Waals surface area contributed by atoms with E-state index in [4.69, 9.17) is 28.0 Å². The van der Waals surface area contributed by atoms with Gasteiger partial charge in [0.25, 0.3) is 5.60 Å². The fourth-order valence-electron chi connectivity index (χ4n) is 3.02. The zero-order valence-electron chi connectivity index (χ0n) is 15.5. The van der Waals surface area contributed by atoms with E-state index < -0.39 is 53.8 Å². The summed E-state index contributed by atoms with van der Waals surface area (Å²) < 4.78 is 93.0. The van der Waals surface area contributed by atoms with Gasteiger partial charge in [-0.05, 0) is 36.4 Å². The van der Waals surface area contributed by atoms with Crippen molar-refractivity contribution in [2.45, 2.75) is 30.8 Å². The lowest BCUT2D eigenvalue weighted by molar-refractivity contribution is -0.275. The van der Waals surface area contributed by atoms with Crippen LogP contribution in [0.5, 0.6) is 0 Å². The zero-order valence-corrected chi connectivity index (χ0v) is 17.1. The van der Waals surface area contributed by atoms with Gasteiger partial charge in [0.05, 0.1) is 11.4 Å². The van der Waals surface area contributed by atoms with E-state index in [0.29, 0.717) is 0 Å². The minimum Gasteiger partial charge on any atom is -0.374 e. The van der Waals surface area contributed by atoms with E-state index in [2.05, 4.69) is 5.16 Å². The van der Waals surface area contributed by atoms with Crippen molar-refractivity contribution in [3.63, 3.8) is 0 Å². The molecule has 2 aromatic rings. The number of rotatable bonds is 4. The van der Waals surface area contributed by atoms with Gasteiger partial charge in [-0.3, -0.25) is 4.79 Å². The molecule has 0 bridgehead atoms. The highest BCUT2D eigenvalue weighted by molar-refractivity contribution is 6.34. The first kappa shape index (κ1) is 24.1. The second kappa shape index (κ2) is 8.43. The molecule has 4 nitrogen and oxygen atoms in total. The molecule has 1 aliphatic heterocycles. The topological polar surface area (TPSA) is 50.7 Å². The fourth-order valence-corrected chi connectivity index (χ4v) is 3.55. The molecule has 1 amide bonds. The van der Waals surface area contributed by atoms with Crippen molar-refractivity contribution in [1.29, 1.82) is 0 Å². The Balaban J connectivity index is 1.92. The number of benzene rings is 2. The minimum atomic E-state index is -4.98. The molecular weight excluding hydrogens is 492 g/mol. The van der Waals surface area contributed by atoms with E-state index in [1.165, 1.54) is 6.07 Å². The fraction of sp³-hybridized carbons (Fsp3) is 0.263. The van der Waals surface area contributed by atoms with Gasteiger partial charge in [-0.2, -0.15) is 26.3 Å². The van der Waals surface area contributed by atoms with Crippen molar-refractivity contribution >= 4 is 40.5 Å². The predicted octanol–water partition coefficient (Wildman–Crippen LogP) is 6.61. The SMILES string of the molecule is O=C(CC(F)(F)F)Nc1cc(C2=NOC(c3cc(Cl)cc(Cl)c3)(C(F)(F)F)C2)ccc1F. The Bertz CT molecular complexity index is 1070. The van der Waals surface area contributed by atoms with Gasteiger partial charge in [-0.15, -0.1) is 0 Å². The van der Waals surface area contributed by atoms with Crippen LogP contribution in [0.2, 0.25) is 10.0 Å². The van der Waals surface area contributed by atoms with Gasteiger partial charge in [0.15, 0.2) is 0 Å². The lowest BCUT2D eigenvalue weighted by atomic mass is 9.86. The maximum Gasteiger partial charge on any atom is 0.435 e. The molecule has 0 fully saturated rings. The van der Waals surface area contributed by atoms with Crippen molar-refractivity contribution in [2.75, 3.05) is 5.32 Å². The van der Waals surface area contributed by atoms with Gasteiger partial charge in [0, 0.05) is 27.6 Å². The number of anilines is 1. The number of hydrogen-bond acceptors (Lipinski definition) is 3. The van der Waals surface area contributed by atoms with Crippen LogP contribution in [-0.2, 0) is 15.2 Å². The maximum atomic E-state index is 14.0. The van der Waals surface area contributed by atoms with Crippen molar-refractivity contribution in [2.24, 2.45) is 5.16 Å². The van der Waals surface area contributed by atoms with Gasteiger partial charge in [-0.1, -0.05) is 28.4 Å². The third-order valence-electron chi connectivity index (χ3n) is 4.45. The van der Waals surface area contributed by atoms with E-state index in [9.17, 15) is 35.5 Å². The average molecular weight is 503 g/mol. The largest absolute Gasteiger partial charge is 0.435 e. The van der Waals surface area contributed by atoms with Crippen molar-refractivity contribution < 1.29 is 40.4 Å². The first-order chi connectivity index (χ1) is 14.7. The summed E-state index contributed by atoms with van der Waals surface area (Å²) >= 11 is 11.6. The van der Waals surface area contributed by atoms with Crippen LogP contribution < -0.4 is 5.32 Å². The molecule has 0 spiro atoms. The van der Waals surface area contributed by atoms with E-state index in [-0.39, 0.29) is 21.3 Å². The molecule has 172 valence electrons. The third kappa shape index (κ3) is 5.09. The molecule has 1 unspecified atom stereocenters. The summed E-state index contributed by atoms with van der Waals surface area (Å²) in [5.74, 6) is -2.64. The smallest absolute Gasteiger partial charge is 0.374 e. The summed E-state index contributed by atoms with van der Waals surface area (Å²) in [5.41, 5.74) is -4.43. The molecule has 1 atom stereocenters. The molecule has 13 heteroatoms. The Morgan fingerprint density at radius 2 is 1.69 bits per heavy atom. The molecule has 0 aliphatic carbocycles. The predicted molar refractivity (Wildman–Crippen MR) is 102 cm³/mol. The number of halogens is 9. The van der Waals surface area contributed by atoms with Crippen molar-refractivity contribution in [3.8, 4) is 0 Å². The lowest BCUT2D eigenvalue weighted by Crippen LogP contribution is -2.42. The standard InChI is InChI=1S/C19H11Cl2F7N2O2/c20-11-4-10(5-12(21)6-11)17(19(26,27)28)7-15(30-32-17)9-1-2-13(22)14(3-9)29-16(31)8-18(23,24)25/h1-6H,7-8H2,(H,29,31). The van der Waals surface area contributed by atoms with Crippen LogP contribution in [0.1, 0.15) is 24.0 Å². The van der Waals surface area contributed by atoms with Gasteiger partial charge in [0.2, 0.25) is 5.91 Å². The van der Waals surface area contributed by atoms with Crippen LogP contribution in [0.3, 0.4) is 0 Å². The molecule has 0 saturated carbocycles. The lowest BCUT2D eigenvalue weighted by Gasteiger charge is -2.29. The van der Waals surface area contributed by atoms with Gasteiger partial charge >= 0.3 is 12.4 Å². The quantitative estimate of drug-likeness (QED) is 0.478. The molecule has 3 rings (SSSR count). The van der Waals surface area contributed by atoms with E-state index in [1.54, 1.807) is 5.32 Å². The normalized spacial score (nSPS) is 18.8. The highest BCUT2D eigenvalue weighted by Crippen LogP contribution is 2.49. The molecule has 1 N–H and O–H groups in total. The molecule has 0 aromatic heterocycles. The van der Waals surface area contributed by atoms with Crippen LogP contribution >= 0.6 is 23.2 Å². The molecule has 0 saturated heterocycles. The Kier molecular flexibility index (Phi) is 6.36. The summed E-state index contributed by atoms with van der Waals surface area (Å²) in [6.45, 7) is 0. The zero-order chi connectivity index (χ0) is 23.9. The highest BCUT2D eigenvalue weighted by Gasteiger charge is 2.62. The molecule has 32 heavy (non-hydrogen) atoms. The summed E-state index contributed by atoms with van der Waals surface area (Å²) in [7, 11) is 0. The second-order valence-electron chi connectivity index (χ2n) is 6.82. The molecule has 2 aromatic carbocycles. The molecule has 0 radical (unpaired) electrons. The Hall–Kier alpha value is -2.53. The number of oxime groups is 1. The number of nitrogens with one attached hydrogen (secondary N) is 1. The number of carbonyl (C=O) groups excluding carboxylic acids is 1. The Morgan fingerprint density at radius 1 is 1.06 bits per heavy atom. The molecule has 1 aliphatic rings.